The van der Waals surface area contributed by atoms with Crippen LogP contribution in [-0.2, 0) is 16.1 Å². The molecule has 2 aromatic rings. The average Bonchev–Trinajstić information content (AvgIpc) is 3.30. The first-order valence-corrected chi connectivity index (χ1v) is 10.5. The van der Waals surface area contributed by atoms with Crippen molar-refractivity contribution in [3.8, 4) is 23.0 Å². The topological polar surface area (TPSA) is 89.6 Å². The van der Waals surface area contributed by atoms with Gasteiger partial charge < -0.3 is 29.2 Å². The molecule has 1 fully saturated rings. The number of hydrogen-bond acceptors (Lipinski definition) is 7. The number of benzene rings is 2. The summed E-state index contributed by atoms with van der Waals surface area (Å²) in [5.41, 5.74) is 1.15. The van der Waals surface area contributed by atoms with E-state index in [1.165, 1.54) is 0 Å². The van der Waals surface area contributed by atoms with Gasteiger partial charge in [-0.3, -0.25) is 14.5 Å². The predicted molar refractivity (Wildman–Crippen MR) is 116 cm³/mol. The molecule has 0 saturated carbocycles. The highest BCUT2D eigenvalue weighted by Gasteiger charge is 2.22. The molecular formula is C23H27N3O6. The van der Waals surface area contributed by atoms with Crippen molar-refractivity contribution in [2.24, 2.45) is 0 Å². The van der Waals surface area contributed by atoms with Gasteiger partial charge in [-0.1, -0.05) is 6.07 Å². The Bertz CT molecular complexity index is 941. The summed E-state index contributed by atoms with van der Waals surface area (Å²) in [6.07, 6.45) is 0. The highest BCUT2D eigenvalue weighted by molar-refractivity contribution is 5.85. The Kier molecular flexibility index (Phi) is 6.96. The fraction of sp³-hybridized carbons (Fsp3) is 0.391. The molecule has 2 aliphatic heterocycles. The van der Waals surface area contributed by atoms with E-state index in [0.29, 0.717) is 24.6 Å². The van der Waals surface area contributed by atoms with Crippen LogP contribution in [0.3, 0.4) is 0 Å². The predicted octanol–water partition coefficient (Wildman–Crippen LogP) is 1.26. The van der Waals surface area contributed by atoms with Crippen LogP contribution >= 0.6 is 0 Å². The van der Waals surface area contributed by atoms with Crippen molar-refractivity contribution in [2.45, 2.75) is 6.54 Å². The molecule has 0 atom stereocenters. The molecule has 0 spiro atoms. The second-order valence-electron chi connectivity index (χ2n) is 7.59. The van der Waals surface area contributed by atoms with Gasteiger partial charge in [-0.15, -0.1) is 0 Å². The summed E-state index contributed by atoms with van der Waals surface area (Å²) < 4.78 is 21.3. The van der Waals surface area contributed by atoms with E-state index in [2.05, 4.69) is 10.2 Å². The molecule has 2 aromatic carbocycles. The maximum Gasteiger partial charge on any atom is 0.258 e. The summed E-state index contributed by atoms with van der Waals surface area (Å²) in [5, 5.41) is 2.63. The van der Waals surface area contributed by atoms with Gasteiger partial charge in [-0.2, -0.15) is 0 Å². The number of methoxy groups -OCH3 is 1. The SMILES string of the molecule is COc1ccc(OCC(=O)NCC(=O)N2CCN(Cc3ccc4c(c3)OCO4)CC2)cc1. The van der Waals surface area contributed by atoms with Gasteiger partial charge in [0.05, 0.1) is 13.7 Å². The number of ether oxygens (including phenoxy) is 4. The van der Waals surface area contributed by atoms with E-state index in [1.807, 2.05) is 18.2 Å². The molecule has 4 rings (SSSR count). The Balaban J connectivity index is 1.14. The Labute approximate surface area is 186 Å². The smallest absolute Gasteiger partial charge is 0.258 e. The van der Waals surface area contributed by atoms with Crippen LogP contribution in [0, 0.1) is 0 Å². The zero-order chi connectivity index (χ0) is 22.3. The zero-order valence-corrected chi connectivity index (χ0v) is 18.0. The van der Waals surface area contributed by atoms with Crippen LogP contribution in [0.5, 0.6) is 23.0 Å². The third-order valence-electron chi connectivity index (χ3n) is 5.43. The number of fused-ring (bicyclic) bond motifs is 1. The zero-order valence-electron chi connectivity index (χ0n) is 18.0. The quantitative estimate of drug-likeness (QED) is 0.660. The second-order valence-corrected chi connectivity index (χ2v) is 7.59. The summed E-state index contributed by atoms with van der Waals surface area (Å²) in [5.74, 6) is 2.40. The summed E-state index contributed by atoms with van der Waals surface area (Å²) in [6, 6.07) is 12.9. The van der Waals surface area contributed by atoms with Crippen molar-refractivity contribution < 1.29 is 28.5 Å². The first-order valence-electron chi connectivity index (χ1n) is 10.5. The number of amides is 2. The Morgan fingerprint density at radius 3 is 2.44 bits per heavy atom. The van der Waals surface area contributed by atoms with E-state index >= 15 is 0 Å². The maximum absolute atomic E-state index is 12.4. The molecule has 0 bridgehead atoms. The molecule has 0 radical (unpaired) electrons. The lowest BCUT2D eigenvalue weighted by molar-refractivity contribution is -0.134. The number of piperazine rings is 1. The number of rotatable bonds is 8. The van der Waals surface area contributed by atoms with Crippen LogP contribution in [0.4, 0.5) is 0 Å². The molecule has 2 heterocycles. The first-order chi connectivity index (χ1) is 15.6. The highest BCUT2D eigenvalue weighted by Crippen LogP contribution is 2.32. The number of carbonyl (C=O) groups is 2. The molecule has 1 saturated heterocycles. The van der Waals surface area contributed by atoms with E-state index in [1.54, 1.807) is 36.3 Å². The molecule has 9 heteroatoms. The summed E-state index contributed by atoms with van der Waals surface area (Å²) in [6.45, 7) is 3.67. The number of hydrogen-bond donors (Lipinski definition) is 1. The summed E-state index contributed by atoms with van der Waals surface area (Å²) >= 11 is 0. The van der Waals surface area contributed by atoms with Crippen molar-refractivity contribution in [3.05, 3.63) is 48.0 Å². The van der Waals surface area contributed by atoms with E-state index < -0.39 is 0 Å². The van der Waals surface area contributed by atoms with Crippen molar-refractivity contribution in [2.75, 3.05) is 53.2 Å². The molecule has 1 N–H and O–H groups in total. The second kappa shape index (κ2) is 10.2. The Morgan fingerprint density at radius 2 is 1.69 bits per heavy atom. The van der Waals surface area contributed by atoms with Crippen LogP contribution < -0.4 is 24.3 Å². The molecule has 170 valence electrons. The monoisotopic (exact) mass is 441 g/mol. The molecule has 0 unspecified atom stereocenters. The fourth-order valence-corrected chi connectivity index (χ4v) is 3.61. The van der Waals surface area contributed by atoms with Crippen molar-refractivity contribution in [3.63, 3.8) is 0 Å². The highest BCUT2D eigenvalue weighted by atomic mass is 16.7. The molecule has 9 nitrogen and oxygen atoms in total. The van der Waals surface area contributed by atoms with Crippen LogP contribution in [0.25, 0.3) is 0 Å². The third kappa shape index (κ3) is 5.61. The standard InChI is InChI=1S/C23H27N3O6/c1-29-18-3-5-19(6-4-18)30-15-22(27)24-13-23(28)26-10-8-25(9-11-26)14-17-2-7-20-21(12-17)32-16-31-20/h2-7,12H,8-11,13-16H2,1H3,(H,24,27). The first kappa shape index (κ1) is 21.8. The average molecular weight is 441 g/mol. The minimum atomic E-state index is -0.337. The van der Waals surface area contributed by atoms with Gasteiger partial charge in [0.15, 0.2) is 18.1 Å². The van der Waals surface area contributed by atoms with Crippen LogP contribution in [0.15, 0.2) is 42.5 Å². The Hall–Kier alpha value is -3.46. The number of nitrogens with one attached hydrogen (secondary N) is 1. The van der Waals surface area contributed by atoms with E-state index in [4.69, 9.17) is 18.9 Å². The van der Waals surface area contributed by atoms with Gasteiger partial charge >= 0.3 is 0 Å². The van der Waals surface area contributed by atoms with E-state index in [0.717, 1.165) is 36.7 Å². The van der Waals surface area contributed by atoms with Gasteiger partial charge in [0, 0.05) is 32.7 Å². The van der Waals surface area contributed by atoms with Gasteiger partial charge in [0.1, 0.15) is 11.5 Å². The summed E-state index contributed by atoms with van der Waals surface area (Å²) in [7, 11) is 1.58. The summed E-state index contributed by atoms with van der Waals surface area (Å²) in [4.78, 5) is 28.5. The van der Waals surface area contributed by atoms with Crippen molar-refractivity contribution >= 4 is 11.8 Å². The minimum absolute atomic E-state index is 0.0348. The molecule has 0 aliphatic carbocycles. The molecule has 32 heavy (non-hydrogen) atoms. The van der Waals surface area contributed by atoms with Gasteiger partial charge in [-0.25, -0.2) is 0 Å². The minimum Gasteiger partial charge on any atom is -0.497 e. The molecule has 2 aliphatic rings. The van der Waals surface area contributed by atoms with Gasteiger partial charge in [-0.05, 0) is 42.0 Å². The number of carbonyl (C=O) groups excluding carboxylic acids is 2. The maximum atomic E-state index is 12.4. The van der Waals surface area contributed by atoms with Crippen LogP contribution in [-0.4, -0.2) is 74.8 Å². The van der Waals surface area contributed by atoms with E-state index in [-0.39, 0.29) is 31.8 Å². The van der Waals surface area contributed by atoms with Crippen LogP contribution in [0.2, 0.25) is 0 Å². The van der Waals surface area contributed by atoms with Crippen LogP contribution in [0.1, 0.15) is 5.56 Å². The van der Waals surface area contributed by atoms with Gasteiger partial charge in [0.2, 0.25) is 12.7 Å². The van der Waals surface area contributed by atoms with Gasteiger partial charge in [0.25, 0.3) is 5.91 Å². The molecule has 0 aromatic heterocycles. The Morgan fingerprint density at radius 1 is 0.969 bits per heavy atom. The lowest BCUT2D eigenvalue weighted by Gasteiger charge is -2.34. The number of nitrogens with zero attached hydrogens (tertiary/aromatic N) is 2. The lowest BCUT2D eigenvalue weighted by Crippen LogP contribution is -2.51. The largest absolute Gasteiger partial charge is 0.497 e. The van der Waals surface area contributed by atoms with Crippen molar-refractivity contribution in [1.82, 2.24) is 15.1 Å². The molecule has 2 amide bonds. The fourth-order valence-electron chi connectivity index (χ4n) is 3.61. The third-order valence-corrected chi connectivity index (χ3v) is 5.43. The lowest BCUT2D eigenvalue weighted by atomic mass is 10.1. The molecular weight excluding hydrogens is 414 g/mol. The van der Waals surface area contributed by atoms with Crippen molar-refractivity contribution in [1.29, 1.82) is 0 Å². The van der Waals surface area contributed by atoms with E-state index in [9.17, 15) is 9.59 Å². The normalized spacial score (nSPS) is 15.3.